The number of amides is 1. The minimum absolute atomic E-state index is 0.0000932. The molecular formula is C16H16N2O2S. The van der Waals surface area contributed by atoms with E-state index in [0.29, 0.717) is 22.7 Å². The molecule has 0 aromatic heterocycles. The van der Waals surface area contributed by atoms with Gasteiger partial charge in [-0.15, -0.1) is 0 Å². The van der Waals surface area contributed by atoms with E-state index >= 15 is 0 Å². The second kappa shape index (κ2) is 6.37. The number of anilines is 1. The van der Waals surface area contributed by atoms with Crippen molar-refractivity contribution in [2.45, 2.75) is 13.3 Å². The van der Waals surface area contributed by atoms with Gasteiger partial charge in [-0.25, -0.2) is 0 Å². The summed E-state index contributed by atoms with van der Waals surface area (Å²) in [5.41, 5.74) is 8.03. The second-order valence-corrected chi connectivity index (χ2v) is 5.29. The number of carbonyl (C=O) groups excluding carboxylic acids is 1. The van der Waals surface area contributed by atoms with E-state index in [1.165, 1.54) is 0 Å². The third-order valence-corrected chi connectivity index (χ3v) is 3.22. The van der Waals surface area contributed by atoms with Crippen molar-refractivity contribution in [2.24, 2.45) is 5.73 Å². The molecule has 0 fully saturated rings. The quantitative estimate of drug-likeness (QED) is 0.759. The van der Waals surface area contributed by atoms with Crippen LogP contribution in [0, 0.1) is 6.92 Å². The van der Waals surface area contributed by atoms with E-state index in [2.05, 4.69) is 5.32 Å². The molecule has 0 saturated heterocycles. The lowest BCUT2D eigenvalue weighted by Gasteiger charge is -2.09. The highest BCUT2D eigenvalue weighted by Gasteiger charge is 2.12. The van der Waals surface area contributed by atoms with Crippen molar-refractivity contribution in [3.8, 4) is 5.75 Å². The van der Waals surface area contributed by atoms with E-state index in [1.807, 2.05) is 12.1 Å². The lowest BCUT2D eigenvalue weighted by Crippen LogP contribution is -2.13. The van der Waals surface area contributed by atoms with E-state index in [-0.39, 0.29) is 17.2 Å². The molecule has 0 aliphatic carbocycles. The Balaban J connectivity index is 2.12. The maximum atomic E-state index is 12.1. The summed E-state index contributed by atoms with van der Waals surface area (Å²) in [4.78, 5) is 12.6. The largest absolute Gasteiger partial charge is 0.507 e. The van der Waals surface area contributed by atoms with Crippen molar-refractivity contribution in [1.29, 1.82) is 0 Å². The number of rotatable bonds is 4. The topological polar surface area (TPSA) is 75.4 Å². The summed E-state index contributed by atoms with van der Waals surface area (Å²) in [7, 11) is 0. The Morgan fingerprint density at radius 1 is 1.24 bits per heavy atom. The van der Waals surface area contributed by atoms with Crippen LogP contribution < -0.4 is 11.1 Å². The Morgan fingerprint density at radius 2 is 1.90 bits per heavy atom. The van der Waals surface area contributed by atoms with Gasteiger partial charge in [0, 0.05) is 12.1 Å². The lowest BCUT2D eigenvalue weighted by atomic mass is 10.1. The van der Waals surface area contributed by atoms with Crippen molar-refractivity contribution < 1.29 is 9.90 Å². The Morgan fingerprint density at radius 3 is 2.52 bits per heavy atom. The van der Waals surface area contributed by atoms with Crippen LogP contribution in [0.5, 0.6) is 5.75 Å². The first-order valence-electron chi connectivity index (χ1n) is 6.44. The molecular weight excluding hydrogens is 284 g/mol. The van der Waals surface area contributed by atoms with Gasteiger partial charge in [0.25, 0.3) is 5.91 Å². The Labute approximate surface area is 128 Å². The number of phenols is 1. The highest BCUT2D eigenvalue weighted by molar-refractivity contribution is 7.80. The molecule has 0 atom stereocenters. The van der Waals surface area contributed by atoms with Crippen molar-refractivity contribution in [3.63, 3.8) is 0 Å². The third-order valence-electron chi connectivity index (χ3n) is 3.07. The molecule has 4 nitrogen and oxygen atoms in total. The fourth-order valence-electron chi connectivity index (χ4n) is 1.95. The number of nitrogens with one attached hydrogen (secondary N) is 1. The number of para-hydroxylation sites is 1. The molecule has 0 aliphatic rings. The SMILES string of the molecule is Cc1cccc(C(=O)Nc2ccc(CC(N)=S)cc2)c1O. The Hall–Kier alpha value is -2.40. The van der Waals surface area contributed by atoms with Gasteiger partial charge in [0.1, 0.15) is 5.75 Å². The number of hydrogen-bond donors (Lipinski definition) is 3. The van der Waals surface area contributed by atoms with Crippen LogP contribution in [0.15, 0.2) is 42.5 Å². The molecule has 0 heterocycles. The number of aryl methyl sites for hydroxylation is 1. The zero-order chi connectivity index (χ0) is 15.4. The molecule has 2 rings (SSSR count). The van der Waals surface area contributed by atoms with Gasteiger partial charge in [-0.3, -0.25) is 4.79 Å². The number of hydrogen-bond acceptors (Lipinski definition) is 3. The standard InChI is InChI=1S/C16H16N2O2S/c1-10-3-2-4-13(15(10)19)16(20)18-12-7-5-11(6-8-12)9-14(17)21/h2-8,19H,9H2,1H3,(H2,17,21)(H,18,20). The molecule has 0 bridgehead atoms. The lowest BCUT2D eigenvalue weighted by molar-refractivity contribution is 0.102. The molecule has 0 aliphatic heterocycles. The zero-order valence-electron chi connectivity index (χ0n) is 11.6. The molecule has 0 radical (unpaired) electrons. The van der Waals surface area contributed by atoms with Crippen LogP contribution in [0.4, 0.5) is 5.69 Å². The summed E-state index contributed by atoms with van der Waals surface area (Å²) >= 11 is 4.85. The molecule has 2 aromatic carbocycles. The predicted molar refractivity (Wildman–Crippen MR) is 87.7 cm³/mol. The first kappa shape index (κ1) is 15.0. The first-order valence-corrected chi connectivity index (χ1v) is 6.85. The normalized spacial score (nSPS) is 10.1. The van der Waals surface area contributed by atoms with Gasteiger partial charge in [-0.1, -0.05) is 36.5 Å². The van der Waals surface area contributed by atoms with Crippen LogP contribution in [-0.2, 0) is 6.42 Å². The average Bonchev–Trinajstić information content (AvgIpc) is 2.43. The minimum Gasteiger partial charge on any atom is -0.507 e. The van der Waals surface area contributed by atoms with Gasteiger partial charge in [-0.05, 0) is 36.2 Å². The smallest absolute Gasteiger partial charge is 0.259 e. The van der Waals surface area contributed by atoms with Crippen LogP contribution >= 0.6 is 12.2 Å². The molecule has 2 aromatic rings. The van der Waals surface area contributed by atoms with Crippen LogP contribution in [0.1, 0.15) is 21.5 Å². The number of nitrogens with two attached hydrogens (primary N) is 1. The van der Waals surface area contributed by atoms with Crippen molar-refractivity contribution in [3.05, 3.63) is 59.2 Å². The molecule has 21 heavy (non-hydrogen) atoms. The third kappa shape index (κ3) is 3.79. The fraction of sp³-hybridized carbons (Fsp3) is 0.125. The highest BCUT2D eigenvalue weighted by Crippen LogP contribution is 2.22. The minimum atomic E-state index is -0.349. The number of aromatic hydroxyl groups is 1. The molecule has 5 heteroatoms. The molecule has 1 amide bonds. The van der Waals surface area contributed by atoms with Gasteiger partial charge < -0.3 is 16.2 Å². The summed E-state index contributed by atoms with van der Waals surface area (Å²) in [5, 5.41) is 12.6. The molecule has 108 valence electrons. The van der Waals surface area contributed by atoms with Gasteiger partial charge in [0.15, 0.2) is 0 Å². The first-order chi connectivity index (χ1) is 9.97. The van der Waals surface area contributed by atoms with Crippen molar-refractivity contribution in [2.75, 3.05) is 5.32 Å². The summed E-state index contributed by atoms with van der Waals surface area (Å²) in [6, 6.07) is 12.3. The monoisotopic (exact) mass is 300 g/mol. The Bertz CT molecular complexity index is 681. The van der Waals surface area contributed by atoms with Crippen LogP contribution in [0.2, 0.25) is 0 Å². The van der Waals surface area contributed by atoms with E-state index in [9.17, 15) is 9.90 Å². The van der Waals surface area contributed by atoms with Crippen molar-refractivity contribution >= 4 is 28.8 Å². The number of carbonyl (C=O) groups is 1. The molecule has 0 unspecified atom stereocenters. The van der Waals surface area contributed by atoms with E-state index < -0.39 is 0 Å². The zero-order valence-corrected chi connectivity index (χ0v) is 12.4. The summed E-state index contributed by atoms with van der Waals surface area (Å²) in [5.74, 6) is -0.349. The average molecular weight is 300 g/mol. The summed E-state index contributed by atoms with van der Waals surface area (Å²) < 4.78 is 0. The molecule has 0 spiro atoms. The molecule has 4 N–H and O–H groups in total. The van der Waals surface area contributed by atoms with Gasteiger partial charge in [0.2, 0.25) is 0 Å². The number of thiocarbonyl (C=S) groups is 1. The molecule has 0 saturated carbocycles. The van der Waals surface area contributed by atoms with E-state index in [0.717, 1.165) is 5.56 Å². The van der Waals surface area contributed by atoms with Gasteiger partial charge in [-0.2, -0.15) is 0 Å². The maximum absolute atomic E-state index is 12.1. The number of phenolic OH excluding ortho intramolecular Hbond substituents is 1. The highest BCUT2D eigenvalue weighted by atomic mass is 32.1. The van der Waals surface area contributed by atoms with Crippen LogP contribution in [0.25, 0.3) is 0 Å². The fourth-order valence-corrected chi connectivity index (χ4v) is 2.11. The van der Waals surface area contributed by atoms with E-state index in [1.54, 1.807) is 37.3 Å². The summed E-state index contributed by atoms with van der Waals surface area (Å²) in [6.45, 7) is 1.75. The van der Waals surface area contributed by atoms with Crippen LogP contribution in [-0.4, -0.2) is 16.0 Å². The van der Waals surface area contributed by atoms with E-state index in [4.69, 9.17) is 18.0 Å². The van der Waals surface area contributed by atoms with Gasteiger partial charge in [0.05, 0.1) is 10.6 Å². The Kier molecular flexibility index (Phi) is 4.55. The second-order valence-electron chi connectivity index (χ2n) is 4.77. The van der Waals surface area contributed by atoms with Gasteiger partial charge >= 0.3 is 0 Å². The van der Waals surface area contributed by atoms with Crippen molar-refractivity contribution in [1.82, 2.24) is 0 Å². The number of benzene rings is 2. The predicted octanol–water partition coefficient (Wildman–Crippen LogP) is 2.78. The maximum Gasteiger partial charge on any atom is 0.259 e. The summed E-state index contributed by atoms with van der Waals surface area (Å²) in [6.07, 6.45) is 0.530. The van der Waals surface area contributed by atoms with Crippen LogP contribution in [0.3, 0.4) is 0 Å².